The highest BCUT2D eigenvalue weighted by atomic mass is 16.5. The zero-order valence-electron chi connectivity index (χ0n) is 13.8. The van der Waals surface area contributed by atoms with E-state index in [0.717, 1.165) is 16.7 Å². The van der Waals surface area contributed by atoms with E-state index in [0.29, 0.717) is 0 Å². The molecular formula is C18H28N2O. The molecule has 3 rings (SSSR count). The van der Waals surface area contributed by atoms with Crippen molar-refractivity contribution >= 4 is 10.9 Å². The molecule has 1 aliphatic heterocycles. The van der Waals surface area contributed by atoms with E-state index in [4.69, 9.17) is 4.74 Å². The number of fused-ring (bicyclic) bond motifs is 1. The summed E-state index contributed by atoms with van der Waals surface area (Å²) < 4.78 is 5.24. The van der Waals surface area contributed by atoms with Gasteiger partial charge in [0.15, 0.2) is 0 Å². The number of aryl methyl sites for hydroxylation is 1. The predicted molar refractivity (Wildman–Crippen MR) is 91.1 cm³/mol. The molecule has 3 nitrogen and oxygen atoms in total. The van der Waals surface area contributed by atoms with Crippen LogP contribution in [0.1, 0.15) is 38.7 Å². The third kappa shape index (κ3) is 5.72. The second-order valence-corrected chi connectivity index (χ2v) is 4.84. The minimum absolute atomic E-state index is 0.883. The Morgan fingerprint density at radius 2 is 1.76 bits per heavy atom. The zero-order valence-corrected chi connectivity index (χ0v) is 13.8. The maximum absolute atomic E-state index is 5.24. The van der Waals surface area contributed by atoms with Crippen molar-refractivity contribution in [2.75, 3.05) is 20.2 Å². The van der Waals surface area contributed by atoms with Crippen molar-refractivity contribution in [1.82, 2.24) is 10.3 Å². The van der Waals surface area contributed by atoms with Crippen molar-refractivity contribution in [2.45, 2.75) is 40.0 Å². The second-order valence-electron chi connectivity index (χ2n) is 4.84. The molecule has 21 heavy (non-hydrogen) atoms. The summed E-state index contributed by atoms with van der Waals surface area (Å²) in [6, 6.07) is 8.02. The predicted octanol–water partition coefficient (Wildman–Crippen LogP) is 4.34. The van der Waals surface area contributed by atoms with Gasteiger partial charge in [-0.15, -0.1) is 0 Å². The van der Waals surface area contributed by atoms with E-state index in [2.05, 4.69) is 29.4 Å². The lowest BCUT2D eigenvalue weighted by Crippen LogP contribution is -2.21. The molecule has 3 heteroatoms. The normalized spacial score (nSPS) is 13.5. The first-order valence-electron chi connectivity index (χ1n) is 7.91. The van der Waals surface area contributed by atoms with Gasteiger partial charge in [0.1, 0.15) is 5.75 Å². The lowest BCUT2D eigenvalue weighted by molar-refractivity contribution is 0.419. The molecule has 0 atom stereocenters. The monoisotopic (exact) mass is 288 g/mol. The molecule has 2 heterocycles. The fraction of sp³-hybridized carbons (Fsp3) is 0.500. The molecular weight excluding hydrogens is 260 g/mol. The molecule has 1 aliphatic rings. The topological polar surface area (TPSA) is 34.1 Å². The molecule has 116 valence electrons. The zero-order chi connectivity index (χ0) is 15.5. The fourth-order valence-electron chi connectivity index (χ4n) is 2.21. The summed E-state index contributed by atoms with van der Waals surface area (Å²) in [4.78, 5) is 4.25. The number of nitrogens with one attached hydrogen (secondary N) is 1. The molecule has 0 bridgehead atoms. The molecule has 1 saturated heterocycles. The van der Waals surface area contributed by atoms with Crippen molar-refractivity contribution in [3.8, 4) is 5.75 Å². The Morgan fingerprint density at radius 1 is 1.05 bits per heavy atom. The smallest absolute Gasteiger partial charge is 0.129 e. The van der Waals surface area contributed by atoms with Crippen LogP contribution < -0.4 is 10.1 Å². The quantitative estimate of drug-likeness (QED) is 0.847. The van der Waals surface area contributed by atoms with Gasteiger partial charge in [0.05, 0.1) is 12.6 Å². The van der Waals surface area contributed by atoms with Crippen LogP contribution in [0.3, 0.4) is 0 Å². The van der Waals surface area contributed by atoms with Gasteiger partial charge >= 0.3 is 0 Å². The van der Waals surface area contributed by atoms with Crippen LogP contribution in [0, 0.1) is 6.92 Å². The van der Waals surface area contributed by atoms with E-state index in [9.17, 15) is 0 Å². The Morgan fingerprint density at radius 3 is 2.29 bits per heavy atom. The molecule has 0 spiro atoms. The van der Waals surface area contributed by atoms with E-state index in [1.165, 1.54) is 37.9 Å². The fourth-order valence-corrected chi connectivity index (χ4v) is 2.21. The van der Waals surface area contributed by atoms with Gasteiger partial charge in [0.25, 0.3) is 0 Å². The molecule has 1 fully saturated rings. The van der Waals surface area contributed by atoms with Crippen molar-refractivity contribution < 1.29 is 4.74 Å². The number of rotatable bonds is 1. The average molecular weight is 288 g/mol. The van der Waals surface area contributed by atoms with Crippen LogP contribution in [-0.4, -0.2) is 25.2 Å². The van der Waals surface area contributed by atoms with Gasteiger partial charge in [0, 0.05) is 11.6 Å². The molecule has 0 amide bonds. The van der Waals surface area contributed by atoms with Gasteiger partial charge in [-0.05, 0) is 51.1 Å². The maximum Gasteiger partial charge on any atom is 0.129 e. The molecule has 1 N–H and O–H groups in total. The minimum Gasteiger partial charge on any atom is -0.496 e. The summed E-state index contributed by atoms with van der Waals surface area (Å²) in [5.74, 6) is 0.883. The molecule has 2 aromatic rings. The lowest BCUT2D eigenvalue weighted by Gasteiger charge is -2.08. The number of pyridine rings is 1. The van der Waals surface area contributed by atoms with Gasteiger partial charge in [0.2, 0.25) is 0 Å². The van der Waals surface area contributed by atoms with Gasteiger partial charge in [-0.1, -0.05) is 31.9 Å². The van der Waals surface area contributed by atoms with Crippen LogP contribution in [0.25, 0.3) is 10.9 Å². The summed E-state index contributed by atoms with van der Waals surface area (Å²) >= 11 is 0. The number of hydrogen-bond acceptors (Lipinski definition) is 3. The highest BCUT2D eigenvalue weighted by Gasteiger charge is 2.00. The van der Waals surface area contributed by atoms with Gasteiger partial charge in [-0.25, -0.2) is 0 Å². The Hall–Kier alpha value is -1.61. The van der Waals surface area contributed by atoms with Crippen LogP contribution >= 0.6 is 0 Å². The number of ether oxygens (including phenoxy) is 1. The van der Waals surface area contributed by atoms with Crippen molar-refractivity contribution in [3.63, 3.8) is 0 Å². The highest BCUT2D eigenvalue weighted by Crippen LogP contribution is 2.23. The number of aromatic nitrogens is 1. The number of piperidine rings is 1. The molecule has 0 saturated carbocycles. The van der Waals surface area contributed by atoms with Gasteiger partial charge in [-0.3, -0.25) is 4.98 Å². The van der Waals surface area contributed by atoms with Crippen LogP contribution in [-0.2, 0) is 0 Å². The van der Waals surface area contributed by atoms with Gasteiger partial charge in [-0.2, -0.15) is 0 Å². The Balaban J connectivity index is 0.000000231. The van der Waals surface area contributed by atoms with E-state index in [1.54, 1.807) is 13.3 Å². The first-order valence-corrected chi connectivity index (χ1v) is 7.91. The molecule has 0 unspecified atom stereocenters. The van der Waals surface area contributed by atoms with Crippen LogP contribution in [0.4, 0.5) is 0 Å². The molecule has 1 aromatic heterocycles. The summed E-state index contributed by atoms with van der Waals surface area (Å²) in [5, 5.41) is 4.36. The second kappa shape index (κ2) is 10.2. The third-order valence-corrected chi connectivity index (χ3v) is 3.28. The number of hydrogen-bond donors (Lipinski definition) is 1. The lowest BCUT2D eigenvalue weighted by atomic mass is 10.1. The number of methoxy groups -OCH3 is 1. The van der Waals surface area contributed by atoms with Crippen molar-refractivity contribution in [3.05, 3.63) is 36.0 Å². The Kier molecular flexibility index (Phi) is 8.44. The summed E-state index contributed by atoms with van der Waals surface area (Å²) in [5.41, 5.74) is 2.20. The molecule has 1 aromatic carbocycles. The minimum atomic E-state index is 0.883. The largest absolute Gasteiger partial charge is 0.496 e. The van der Waals surface area contributed by atoms with Crippen molar-refractivity contribution in [2.24, 2.45) is 0 Å². The number of nitrogens with zero attached hydrogens (tertiary/aromatic N) is 1. The Labute approximate surface area is 128 Å². The average Bonchev–Trinajstić information content (AvgIpc) is 2.58. The first-order chi connectivity index (χ1) is 10.3. The van der Waals surface area contributed by atoms with E-state index >= 15 is 0 Å². The summed E-state index contributed by atoms with van der Waals surface area (Å²) in [7, 11) is 1.68. The van der Waals surface area contributed by atoms with Crippen LogP contribution in [0.5, 0.6) is 5.75 Å². The van der Waals surface area contributed by atoms with Crippen LogP contribution in [0.15, 0.2) is 30.5 Å². The first kappa shape index (κ1) is 17.4. The van der Waals surface area contributed by atoms with E-state index < -0.39 is 0 Å². The van der Waals surface area contributed by atoms with Crippen LogP contribution in [0.2, 0.25) is 0 Å². The molecule has 0 radical (unpaired) electrons. The molecule has 0 aliphatic carbocycles. The summed E-state index contributed by atoms with van der Waals surface area (Å²) in [6.07, 6.45) is 5.98. The highest BCUT2D eigenvalue weighted by molar-refractivity contribution is 5.85. The Bertz CT molecular complexity index is 510. The third-order valence-electron chi connectivity index (χ3n) is 3.28. The standard InChI is InChI=1S/C11H11NO.C5H11N.C2H6/c1-8-3-4-10-9(7-8)11(13-2)5-6-12-10;1-2-4-6-5-3-1;1-2/h3-7H,1-2H3;6H,1-5H2;1-2H3. The van der Waals surface area contributed by atoms with Gasteiger partial charge < -0.3 is 10.1 Å². The maximum atomic E-state index is 5.24. The SMILES string of the molecule is C1CCNCC1.CC.COc1ccnc2ccc(C)cc12. The van der Waals surface area contributed by atoms with E-state index in [1.807, 2.05) is 26.0 Å². The van der Waals surface area contributed by atoms with E-state index in [-0.39, 0.29) is 0 Å². The number of benzene rings is 1. The summed E-state index contributed by atoms with van der Waals surface area (Å²) in [6.45, 7) is 8.56. The van der Waals surface area contributed by atoms with Crippen molar-refractivity contribution in [1.29, 1.82) is 0 Å².